The van der Waals surface area contributed by atoms with E-state index in [1.807, 2.05) is 30.3 Å². The van der Waals surface area contributed by atoms with Crippen molar-refractivity contribution >= 4 is 28.5 Å². The summed E-state index contributed by atoms with van der Waals surface area (Å²) >= 11 is 0. The number of aromatic nitrogens is 1. The van der Waals surface area contributed by atoms with E-state index in [2.05, 4.69) is 14.8 Å². The number of guanidine groups is 1. The van der Waals surface area contributed by atoms with Crippen LogP contribution in [0.3, 0.4) is 0 Å². The molecule has 4 N–H and O–H groups in total. The number of fused-ring (bicyclic) bond motifs is 1. The summed E-state index contributed by atoms with van der Waals surface area (Å²) in [6.07, 6.45) is 1.58. The first-order valence-electron chi connectivity index (χ1n) is 7.10. The zero-order valence-electron chi connectivity index (χ0n) is 12.6. The summed E-state index contributed by atoms with van der Waals surface area (Å²) in [7, 11) is 0. The number of rotatable bonds is 2. The van der Waals surface area contributed by atoms with Gasteiger partial charge in [0.15, 0.2) is 5.96 Å². The van der Waals surface area contributed by atoms with E-state index in [0.717, 1.165) is 16.3 Å². The Bertz CT molecular complexity index is 1010. The average molecular weight is 315 g/mol. The Hall–Kier alpha value is -3.72. The van der Waals surface area contributed by atoms with Crippen LogP contribution < -0.4 is 11.5 Å². The minimum Gasteiger partial charge on any atom is -0.370 e. The predicted octanol–water partition coefficient (Wildman–Crippen LogP) is 2.87. The molecule has 2 aromatic carbocycles. The molecule has 6 nitrogen and oxygen atoms in total. The Balaban J connectivity index is 2.25. The van der Waals surface area contributed by atoms with Gasteiger partial charge in [-0.25, -0.2) is 0 Å². The second-order valence-electron chi connectivity index (χ2n) is 5.07. The first-order valence-corrected chi connectivity index (χ1v) is 7.10. The van der Waals surface area contributed by atoms with Gasteiger partial charge in [0.2, 0.25) is 0 Å². The van der Waals surface area contributed by atoms with Gasteiger partial charge < -0.3 is 16.3 Å². The molecule has 0 saturated heterocycles. The molecule has 116 valence electrons. The SMILES string of the molecule is [C-]#[N+]c1ncccc1-c1cccc2ccc(C(=O)N=C(N)N)cc12. The van der Waals surface area contributed by atoms with Crippen LogP contribution in [0.5, 0.6) is 0 Å². The third-order valence-corrected chi connectivity index (χ3v) is 3.54. The van der Waals surface area contributed by atoms with Crippen molar-refractivity contribution in [2.45, 2.75) is 0 Å². The third-order valence-electron chi connectivity index (χ3n) is 3.54. The number of nitrogens with two attached hydrogens (primary N) is 2. The van der Waals surface area contributed by atoms with Crippen molar-refractivity contribution in [1.82, 2.24) is 4.98 Å². The number of carbonyl (C=O) groups excluding carboxylic acids is 1. The second kappa shape index (κ2) is 6.18. The van der Waals surface area contributed by atoms with Crippen molar-refractivity contribution in [3.8, 4) is 11.1 Å². The Morgan fingerprint density at radius 3 is 2.62 bits per heavy atom. The minimum atomic E-state index is -0.511. The molecule has 1 heterocycles. The third kappa shape index (κ3) is 2.78. The van der Waals surface area contributed by atoms with E-state index >= 15 is 0 Å². The van der Waals surface area contributed by atoms with Gasteiger partial charge in [-0.15, -0.1) is 4.98 Å². The molecular formula is C18H13N5O. The molecule has 3 rings (SSSR count). The molecule has 0 radical (unpaired) electrons. The van der Waals surface area contributed by atoms with Gasteiger partial charge in [0.05, 0.1) is 0 Å². The van der Waals surface area contributed by atoms with Gasteiger partial charge in [-0.2, -0.15) is 4.99 Å². The standard InChI is InChI=1S/C18H13N5O/c1-21-16-14(6-3-9-22-16)13-5-2-4-11-7-8-12(10-15(11)13)17(24)23-18(19)20/h2-10H,(H4,19,20,23,24). The van der Waals surface area contributed by atoms with Crippen LogP contribution >= 0.6 is 0 Å². The average Bonchev–Trinajstić information content (AvgIpc) is 2.60. The Labute approximate surface area is 138 Å². The highest BCUT2D eigenvalue weighted by atomic mass is 16.1. The second-order valence-corrected chi connectivity index (χ2v) is 5.07. The van der Waals surface area contributed by atoms with Crippen LogP contribution in [0.2, 0.25) is 0 Å². The normalized spacial score (nSPS) is 10.1. The highest BCUT2D eigenvalue weighted by molar-refractivity contribution is 6.07. The Morgan fingerprint density at radius 1 is 1.08 bits per heavy atom. The fourth-order valence-electron chi connectivity index (χ4n) is 2.52. The zero-order chi connectivity index (χ0) is 17.1. The quantitative estimate of drug-likeness (QED) is 0.431. The molecular weight excluding hydrogens is 302 g/mol. The fraction of sp³-hybridized carbons (Fsp3) is 0. The molecule has 0 fully saturated rings. The van der Waals surface area contributed by atoms with E-state index in [4.69, 9.17) is 18.0 Å². The molecule has 24 heavy (non-hydrogen) atoms. The zero-order valence-corrected chi connectivity index (χ0v) is 12.6. The predicted molar refractivity (Wildman–Crippen MR) is 93.6 cm³/mol. The number of nitrogens with zero attached hydrogens (tertiary/aromatic N) is 3. The van der Waals surface area contributed by atoms with Gasteiger partial charge in [0, 0.05) is 11.1 Å². The van der Waals surface area contributed by atoms with Crippen molar-refractivity contribution in [1.29, 1.82) is 0 Å². The molecule has 1 aromatic heterocycles. The molecule has 0 aliphatic carbocycles. The van der Waals surface area contributed by atoms with Gasteiger partial charge in [-0.05, 0) is 34.5 Å². The Morgan fingerprint density at radius 2 is 1.88 bits per heavy atom. The summed E-state index contributed by atoms with van der Waals surface area (Å²) < 4.78 is 0. The van der Waals surface area contributed by atoms with E-state index in [9.17, 15) is 4.79 Å². The first kappa shape index (κ1) is 15.2. The molecule has 0 saturated carbocycles. The van der Waals surface area contributed by atoms with Crippen molar-refractivity contribution in [3.63, 3.8) is 0 Å². The number of benzene rings is 2. The van der Waals surface area contributed by atoms with Gasteiger partial charge >= 0.3 is 0 Å². The van der Waals surface area contributed by atoms with Crippen molar-refractivity contribution < 1.29 is 4.79 Å². The Kier molecular flexibility index (Phi) is 3.91. The summed E-state index contributed by atoms with van der Waals surface area (Å²) in [4.78, 5) is 23.2. The van der Waals surface area contributed by atoms with E-state index < -0.39 is 5.91 Å². The van der Waals surface area contributed by atoms with Crippen molar-refractivity contribution in [2.24, 2.45) is 16.5 Å². The number of hydrogen-bond acceptors (Lipinski definition) is 2. The maximum atomic E-state index is 12.1. The molecule has 1 amide bonds. The van der Waals surface area contributed by atoms with E-state index in [-0.39, 0.29) is 5.96 Å². The molecule has 0 aliphatic heterocycles. The lowest BCUT2D eigenvalue weighted by molar-refractivity contribution is 0.100. The first-order chi connectivity index (χ1) is 11.6. The summed E-state index contributed by atoms with van der Waals surface area (Å²) in [6, 6.07) is 14.5. The van der Waals surface area contributed by atoms with Gasteiger partial charge in [0.1, 0.15) is 6.20 Å². The summed E-state index contributed by atoms with van der Waals surface area (Å²) in [6.45, 7) is 7.29. The van der Waals surface area contributed by atoms with E-state index in [0.29, 0.717) is 16.9 Å². The summed E-state index contributed by atoms with van der Waals surface area (Å²) in [5, 5.41) is 1.76. The lowest BCUT2D eigenvalue weighted by Crippen LogP contribution is -2.24. The smallest absolute Gasteiger partial charge is 0.280 e. The molecule has 0 bridgehead atoms. The molecule has 3 aromatic rings. The summed E-state index contributed by atoms with van der Waals surface area (Å²) in [5.41, 5.74) is 12.4. The van der Waals surface area contributed by atoms with Crippen LogP contribution in [0.1, 0.15) is 10.4 Å². The molecule has 0 aliphatic rings. The van der Waals surface area contributed by atoms with Gasteiger partial charge in [0.25, 0.3) is 11.7 Å². The van der Waals surface area contributed by atoms with E-state index in [1.54, 1.807) is 24.4 Å². The van der Waals surface area contributed by atoms with E-state index in [1.165, 1.54) is 0 Å². The molecule has 0 spiro atoms. The maximum absolute atomic E-state index is 12.1. The summed E-state index contributed by atoms with van der Waals surface area (Å²) in [5.74, 6) is -0.481. The lowest BCUT2D eigenvalue weighted by atomic mass is 9.97. The molecule has 0 unspecified atom stereocenters. The van der Waals surface area contributed by atoms with Crippen LogP contribution in [0.15, 0.2) is 59.7 Å². The highest BCUT2D eigenvalue weighted by Gasteiger charge is 2.12. The van der Waals surface area contributed by atoms with Crippen molar-refractivity contribution in [2.75, 3.05) is 0 Å². The maximum Gasteiger partial charge on any atom is 0.280 e. The molecule has 6 heteroatoms. The fourth-order valence-corrected chi connectivity index (χ4v) is 2.52. The number of pyridine rings is 1. The number of hydrogen-bond donors (Lipinski definition) is 2. The highest BCUT2D eigenvalue weighted by Crippen LogP contribution is 2.34. The van der Waals surface area contributed by atoms with Crippen LogP contribution in [-0.4, -0.2) is 16.9 Å². The molecule has 0 atom stereocenters. The van der Waals surface area contributed by atoms with Gasteiger partial charge in [-0.3, -0.25) is 4.79 Å². The number of aliphatic imine (C=N–C) groups is 1. The van der Waals surface area contributed by atoms with Crippen molar-refractivity contribution in [3.05, 3.63) is 71.7 Å². The van der Waals surface area contributed by atoms with Gasteiger partial charge in [-0.1, -0.05) is 36.9 Å². The lowest BCUT2D eigenvalue weighted by Gasteiger charge is -2.09. The number of amides is 1. The minimum absolute atomic E-state index is 0.282. The van der Waals surface area contributed by atoms with Crippen LogP contribution in [0.25, 0.3) is 26.7 Å². The largest absolute Gasteiger partial charge is 0.370 e. The monoisotopic (exact) mass is 315 g/mol. The number of carbonyl (C=O) groups is 1. The van der Waals surface area contributed by atoms with Crippen LogP contribution in [0, 0.1) is 6.57 Å². The van der Waals surface area contributed by atoms with Crippen LogP contribution in [-0.2, 0) is 0 Å². The van der Waals surface area contributed by atoms with Crippen LogP contribution in [0.4, 0.5) is 5.82 Å². The topological polar surface area (TPSA) is 98.7 Å².